The largest absolute Gasteiger partial charge is 0.481 e. The van der Waals surface area contributed by atoms with E-state index in [0.29, 0.717) is 12.8 Å². The molecule has 10 atom stereocenters. The molecule has 1 N–H and O–H groups in total. The maximum absolute atomic E-state index is 11.9. The highest BCUT2D eigenvalue weighted by Gasteiger charge is 2.74. The van der Waals surface area contributed by atoms with Crippen molar-refractivity contribution in [1.82, 2.24) is 0 Å². The molecule has 2 saturated heterocycles. The number of carbonyl (C=O) groups excluding carboxylic acids is 6. The van der Waals surface area contributed by atoms with Gasteiger partial charge < -0.3 is 33.5 Å². The molecular weight excluding hydrogens is 574 g/mol. The summed E-state index contributed by atoms with van der Waals surface area (Å²) in [5.74, 6) is -6.09. The second-order valence-electron chi connectivity index (χ2n) is 11.3. The van der Waals surface area contributed by atoms with Gasteiger partial charge >= 0.3 is 41.8 Å². The standard InChI is InChI=1S/C14H13NO6.C14H14O8/c1-2-9(16)19-5-10(17)20-11-7-3-8-12(11)21-13(18)14(8,4-7)6-15;1-2-8(15)20-5-9(16)21-11-10-6-3-14(11,13(18)19)4-7(6)12(17)22-10/h2,7-8,11-12H,1,3-5H2;2,6-7,10-11H,1,3-5H2,(H,18,19). The Kier molecular flexibility index (Phi) is 7.49. The number of fused-ring (bicyclic) bond motifs is 2. The average molecular weight is 602 g/mol. The molecular formula is C28H27NO14. The quantitative estimate of drug-likeness (QED) is 0.205. The highest BCUT2D eigenvalue weighted by Crippen LogP contribution is 2.63. The van der Waals surface area contributed by atoms with Crippen molar-refractivity contribution in [3.05, 3.63) is 25.3 Å². The molecule has 15 heteroatoms. The smallest absolute Gasteiger partial charge is 0.344 e. The van der Waals surface area contributed by atoms with Crippen LogP contribution < -0.4 is 0 Å². The summed E-state index contributed by atoms with van der Waals surface area (Å²) in [6.07, 6.45) is 0.280. The van der Waals surface area contributed by atoms with E-state index in [4.69, 9.17) is 18.9 Å². The number of carbonyl (C=O) groups is 7. The molecule has 2 heterocycles. The first-order valence-electron chi connectivity index (χ1n) is 13.4. The van der Waals surface area contributed by atoms with E-state index < -0.39 is 96.2 Å². The fourth-order valence-corrected chi connectivity index (χ4v) is 7.44. The third kappa shape index (κ3) is 4.70. The summed E-state index contributed by atoms with van der Waals surface area (Å²) in [5.41, 5.74) is -2.36. The molecule has 4 aliphatic carbocycles. The summed E-state index contributed by atoms with van der Waals surface area (Å²) in [4.78, 5) is 80.4. The highest BCUT2D eigenvalue weighted by molar-refractivity contribution is 5.87. The minimum absolute atomic E-state index is 0.0647. The van der Waals surface area contributed by atoms with Crippen LogP contribution in [0.4, 0.5) is 0 Å². The molecule has 0 aromatic carbocycles. The summed E-state index contributed by atoms with van der Waals surface area (Å²) in [5, 5.41) is 18.8. The number of carboxylic acids is 1. The highest BCUT2D eigenvalue weighted by atomic mass is 16.6. The Morgan fingerprint density at radius 2 is 1.58 bits per heavy atom. The van der Waals surface area contributed by atoms with Gasteiger partial charge in [0.05, 0.1) is 12.0 Å². The van der Waals surface area contributed by atoms with E-state index in [2.05, 4.69) is 28.7 Å². The van der Waals surface area contributed by atoms with Gasteiger partial charge in [0.15, 0.2) is 24.7 Å². The fourth-order valence-electron chi connectivity index (χ4n) is 7.44. The van der Waals surface area contributed by atoms with E-state index in [0.717, 1.165) is 12.2 Å². The van der Waals surface area contributed by atoms with Gasteiger partial charge in [-0.1, -0.05) is 13.2 Å². The molecule has 6 rings (SSSR count). The van der Waals surface area contributed by atoms with E-state index in [-0.39, 0.29) is 30.6 Å². The van der Waals surface area contributed by atoms with Gasteiger partial charge in [0.2, 0.25) is 0 Å². The summed E-state index contributed by atoms with van der Waals surface area (Å²) in [6.45, 7) is 5.24. The lowest BCUT2D eigenvalue weighted by molar-refractivity contribution is -0.179. The first-order chi connectivity index (χ1) is 20.4. The average Bonchev–Trinajstić information content (AvgIpc) is 3.78. The number of esters is 6. The van der Waals surface area contributed by atoms with E-state index in [9.17, 15) is 43.9 Å². The number of carboxylic acid groups (broad SMARTS) is 1. The van der Waals surface area contributed by atoms with Gasteiger partial charge in [-0.2, -0.15) is 5.26 Å². The van der Waals surface area contributed by atoms with Crippen LogP contribution in [0, 0.1) is 45.8 Å². The predicted octanol–water partition coefficient (Wildman–Crippen LogP) is -0.234. The number of rotatable bonds is 9. The van der Waals surface area contributed by atoms with Gasteiger partial charge in [0, 0.05) is 29.9 Å². The van der Waals surface area contributed by atoms with Gasteiger partial charge in [-0.3, -0.25) is 14.4 Å². The Morgan fingerprint density at radius 3 is 2.16 bits per heavy atom. The molecule has 0 radical (unpaired) electrons. The molecule has 4 bridgehead atoms. The summed E-state index contributed by atoms with van der Waals surface area (Å²) < 4.78 is 30.0. The molecule has 4 saturated carbocycles. The van der Waals surface area contributed by atoms with Crippen LogP contribution in [0.1, 0.15) is 25.7 Å². The second-order valence-corrected chi connectivity index (χ2v) is 11.3. The van der Waals surface area contributed by atoms with Gasteiger partial charge in [-0.05, 0) is 25.7 Å². The minimum Gasteiger partial charge on any atom is -0.481 e. The van der Waals surface area contributed by atoms with Crippen LogP contribution in [0.25, 0.3) is 0 Å². The van der Waals surface area contributed by atoms with Crippen molar-refractivity contribution in [3.8, 4) is 6.07 Å². The van der Waals surface area contributed by atoms with Crippen LogP contribution in [0.2, 0.25) is 0 Å². The third-order valence-corrected chi connectivity index (χ3v) is 9.24. The van der Waals surface area contributed by atoms with Crippen molar-refractivity contribution in [2.45, 2.75) is 50.1 Å². The zero-order valence-corrected chi connectivity index (χ0v) is 22.6. The van der Waals surface area contributed by atoms with Crippen molar-refractivity contribution >= 4 is 41.8 Å². The van der Waals surface area contributed by atoms with Crippen LogP contribution in [-0.4, -0.2) is 84.5 Å². The lowest BCUT2D eigenvalue weighted by atomic mass is 9.75. The van der Waals surface area contributed by atoms with Crippen molar-refractivity contribution in [2.24, 2.45) is 34.5 Å². The molecule has 0 spiro atoms. The molecule has 43 heavy (non-hydrogen) atoms. The molecule has 15 nitrogen and oxygen atoms in total. The zero-order chi connectivity index (χ0) is 31.3. The molecule has 0 aromatic heterocycles. The number of nitriles is 1. The number of hydrogen-bond donors (Lipinski definition) is 1. The number of nitrogens with zero attached hydrogens (tertiary/aromatic N) is 1. The van der Waals surface area contributed by atoms with Crippen LogP contribution in [0.3, 0.4) is 0 Å². The lowest BCUT2D eigenvalue weighted by Gasteiger charge is -2.32. The number of ether oxygens (including phenoxy) is 6. The van der Waals surface area contributed by atoms with Gasteiger partial charge in [-0.25, -0.2) is 19.2 Å². The number of hydrogen-bond acceptors (Lipinski definition) is 14. The van der Waals surface area contributed by atoms with Crippen LogP contribution >= 0.6 is 0 Å². The van der Waals surface area contributed by atoms with Crippen molar-refractivity contribution < 1.29 is 67.1 Å². The van der Waals surface area contributed by atoms with Crippen molar-refractivity contribution in [2.75, 3.05) is 13.2 Å². The Bertz CT molecular complexity index is 1370. The van der Waals surface area contributed by atoms with Crippen molar-refractivity contribution in [1.29, 1.82) is 5.26 Å². The Morgan fingerprint density at radius 1 is 0.953 bits per heavy atom. The zero-order valence-electron chi connectivity index (χ0n) is 22.6. The molecule has 2 aliphatic heterocycles. The maximum atomic E-state index is 11.9. The molecule has 6 fully saturated rings. The molecule has 6 aliphatic rings. The Labute approximate surface area is 243 Å². The van der Waals surface area contributed by atoms with E-state index in [1.54, 1.807) is 0 Å². The normalized spacial score (nSPS) is 38.0. The molecule has 228 valence electrons. The second kappa shape index (κ2) is 10.8. The van der Waals surface area contributed by atoms with E-state index in [1.807, 2.05) is 0 Å². The van der Waals surface area contributed by atoms with Gasteiger partial charge in [-0.15, -0.1) is 0 Å². The third-order valence-electron chi connectivity index (χ3n) is 9.24. The monoisotopic (exact) mass is 601 g/mol. The van der Waals surface area contributed by atoms with Crippen LogP contribution in [0.5, 0.6) is 0 Å². The van der Waals surface area contributed by atoms with E-state index >= 15 is 0 Å². The van der Waals surface area contributed by atoms with Crippen LogP contribution in [0.15, 0.2) is 25.3 Å². The predicted molar refractivity (Wildman–Crippen MR) is 132 cm³/mol. The first-order valence-corrected chi connectivity index (χ1v) is 13.4. The topological polar surface area (TPSA) is 219 Å². The SMILES string of the molecule is C=CC(=O)OCC(=O)OC1C2CC3C1OC(=O)C3(C#N)C2.C=CC(=O)OCC(=O)OC1C2OC(=O)C3CC1(C(=O)O)CC32. The first kappa shape index (κ1) is 29.7. The van der Waals surface area contributed by atoms with Crippen molar-refractivity contribution in [3.63, 3.8) is 0 Å². The molecule has 0 aromatic rings. The maximum Gasteiger partial charge on any atom is 0.344 e. The summed E-state index contributed by atoms with van der Waals surface area (Å²) in [6, 6.07) is 2.08. The van der Waals surface area contributed by atoms with Gasteiger partial charge in [0.1, 0.15) is 23.7 Å². The Hall–Kier alpha value is -4.74. The molecule has 10 unspecified atom stereocenters. The van der Waals surface area contributed by atoms with Crippen LogP contribution in [-0.2, 0) is 62.0 Å². The lowest BCUT2D eigenvalue weighted by Crippen LogP contribution is -2.47. The summed E-state index contributed by atoms with van der Waals surface area (Å²) >= 11 is 0. The van der Waals surface area contributed by atoms with E-state index in [1.165, 1.54) is 0 Å². The Balaban J connectivity index is 0.000000171. The minimum atomic E-state index is -1.30. The number of aliphatic carboxylic acids is 1. The molecule has 0 amide bonds. The summed E-state index contributed by atoms with van der Waals surface area (Å²) in [7, 11) is 0. The van der Waals surface area contributed by atoms with Gasteiger partial charge in [0.25, 0.3) is 0 Å². The fraction of sp³-hybridized carbons (Fsp3) is 0.571.